The Kier molecular flexibility index (Phi) is 2.84. The second kappa shape index (κ2) is 4.48. The van der Waals surface area contributed by atoms with Crippen LogP contribution >= 0.6 is 0 Å². The van der Waals surface area contributed by atoms with E-state index in [1.54, 1.807) is 4.46 Å². The van der Waals surface area contributed by atoms with Crippen molar-refractivity contribution in [1.29, 1.82) is 0 Å². The molecule has 0 fully saturated rings. The predicted molar refractivity (Wildman–Crippen MR) is 73.0 cm³/mol. The molecular weight excluding hydrogens is 273 g/mol. The van der Waals surface area contributed by atoms with Crippen LogP contribution in [0.25, 0.3) is 0 Å². The van der Waals surface area contributed by atoms with E-state index in [1.165, 1.54) is 16.8 Å². The molecule has 3 rings (SSSR count). The van der Waals surface area contributed by atoms with Gasteiger partial charge in [0.15, 0.2) is 0 Å². The SMILES string of the molecule is Cc1cccc2c1[Se]C[N+](c1ccccc1)=C2. The fourth-order valence-corrected chi connectivity index (χ4v) is 4.34. The fraction of sp³-hybridized carbons (Fsp3) is 0.133. The molecule has 17 heavy (non-hydrogen) atoms. The molecule has 84 valence electrons. The summed E-state index contributed by atoms with van der Waals surface area (Å²) in [5.41, 5.74) is 5.25. The van der Waals surface area contributed by atoms with Gasteiger partial charge in [-0.05, 0) is 0 Å². The number of hydrogen-bond acceptors (Lipinski definition) is 0. The fourth-order valence-electron chi connectivity index (χ4n) is 2.08. The van der Waals surface area contributed by atoms with Gasteiger partial charge in [0.2, 0.25) is 0 Å². The van der Waals surface area contributed by atoms with Crippen LogP contribution in [0.15, 0.2) is 48.5 Å². The number of benzene rings is 2. The van der Waals surface area contributed by atoms with E-state index in [0.717, 1.165) is 5.44 Å². The Bertz CT molecular complexity index is 573. The molecular formula is C15H14NSe+. The molecule has 2 heteroatoms. The van der Waals surface area contributed by atoms with E-state index in [4.69, 9.17) is 0 Å². The Morgan fingerprint density at radius 1 is 1.00 bits per heavy atom. The average molecular weight is 287 g/mol. The Morgan fingerprint density at radius 3 is 2.65 bits per heavy atom. The molecule has 0 aromatic heterocycles. The minimum absolute atomic E-state index is 0.547. The number of fused-ring (bicyclic) bond motifs is 1. The molecule has 0 unspecified atom stereocenters. The zero-order valence-corrected chi connectivity index (χ0v) is 11.5. The standard InChI is InChI=1S/C15H14NSe/c1-12-6-5-7-13-10-16(11-17-15(12)13)14-8-3-2-4-9-14/h2-10H,11H2,1H3/q+1. The van der Waals surface area contributed by atoms with Gasteiger partial charge in [-0.2, -0.15) is 0 Å². The van der Waals surface area contributed by atoms with Gasteiger partial charge in [-0.15, -0.1) is 0 Å². The van der Waals surface area contributed by atoms with Crippen molar-refractivity contribution in [2.24, 2.45) is 0 Å². The van der Waals surface area contributed by atoms with Crippen LogP contribution in [0, 0.1) is 6.92 Å². The second-order valence-corrected chi connectivity index (χ2v) is 6.21. The summed E-state index contributed by atoms with van der Waals surface area (Å²) in [5, 5.41) is 0. The van der Waals surface area contributed by atoms with Crippen molar-refractivity contribution >= 4 is 31.3 Å². The number of hydrogen-bond donors (Lipinski definition) is 0. The van der Waals surface area contributed by atoms with Crippen LogP contribution in [0.4, 0.5) is 5.69 Å². The number of para-hydroxylation sites is 1. The molecule has 0 saturated carbocycles. The molecule has 2 aromatic carbocycles. The van der Waals surface area contributed by atoms with Crippen molar-refractivity contribution in [3.8, 4) is 0 Å². The Hall–Kier alpha value is -1.37. The molecule has 0 spiro atoms. The van der Waals surface area contributed by atoms with Gasteiger partial charge >= 0.3 is 108 Å². The molecule has 1 heterocycles. The zero-order valence-electron chi connectivity index (χ0n) is 9.76. The van der Waals surface area contributed by atoms with E-state index in [-0.39, 0.29) is 0 Å². The Morgan fingerprint density at radius 2 is 1.82 bits per heavy atom. The van der Waals surface area contributed by atoms with Gasteiger partial charge < -0.3 is 0 Å². The van der Waals surface area contributed by atoms with E-state index < -0.39 is 0 Å². The van der Waals surface area contributed by atoms with Gasteiger partial charge in [0.25, 0.3) is 0 Å². The van der Waals surface area contributed by atoms with Gasteiger partial charge in [-0.1, -0.05) is 0 Å². The van der Waals surface area contributed by atoms with Crippen molar-refractivity contribution in [2.75, 3.05) is 5.44 Å². The zero-order chi connectivity index (χ0) is 11.7. The molecule has 0 N–H and O–H groups in total. The molecule has 1 aliphatic heterocycles. The third kappa shape index (κ3) is 2.06. The first-order valence-corrected chi connectivity index (χ1v) is 7.80. The van der Waals surface area contributed by atoms with Gasteiger partial charge in [0, 0.05) is 0 Å². The topological polar surface area (TPSA) is 3.01 Å². The van der Waals surface area contributed by atoms with E-state index in [2.05, 4.69) is 66.2 Å². The summed E-state index contributed by atoms with van der Waals surface area (Å²) in [5.74, 6) is 0. The molecule has 2 aromatic rings. The first kappa shape index (κ1) is 10.8. The molecule has 1 aliphatic rings. The first-order valence-electron chi connectivity index (χ1n) is 5.73. The molecule has 0 aliphatic carbocycles. The third-order valence-electron chi connectivity index (χ3n) is 2.97. The number of aryl methyl sites for hydroxylation is 1. The Labute approximate surface area is 108 Å². The summed E-state index contributed by atoms with van der Waals surface area (Å²) in [7, 11) is 0. The van der Waals surface area contributed by atoms with Crippen molar-refractivity contribution in [3.05, 3.63) is 59.7 Å². The van der Waals surface area contributed by atoms with Gasteiger partial charge in [0.05, 0.1) is 0 Å². The van der Waals surface area contributed by atoms with Crippen LogP contribution in [-0.2, 0) is 0 Å². The van der Waals surface area contributed by atoms with Crippen molar-refractivity contribution in [3.63, 3.8) is 0 Å². The quantitative estimate of drug-likeness (QED) is 0.558. The van der Waals surface area contributed by atoms with Crippen LogP contribution in [0.3, 0.4) is 0 Å². The molecule has 0 bridgehead atoms. The van der Waals surface area contributed by atoms with Crippen LogP contribution < -0.4 is 4.46 Å². The maximum absolute atomic E-state index is 2.36. The monoisotopic (exact) mass is 288 g/mol. The molecule has 0 saturated heterocycles. The van der Waals surface area contributed by atoms with Gasteiger partial charge in [-0.3, -0.25) is 0 Å². The second-order valence-electron chi connectivity index (χ2n) is 4.20. The summed E-state index contributed by atoms with van der Waals surface area (Å²) in [6.45, 7) is 2.21. The van der Waals surface area contributed by atoms with Crippen LogP contribution in [0.5, 0.6) is 0 Å². The first-order chi connectivity index (χ1) is 8.34. The van der Waals surface area contributed by atoms with Gasteiger partial charge in [-0.25, -0.2) is 0 Å². The molecule has 1 nitrogen and oxygen atoms in total. The van der Waals surface area contributed by atoms with E-state index >= 15 is 0 Å². The molecule has 0 atom stereocenters. The minimum atomic E-state index is 0.547. The summed E-state index contributed by atoms with van der Waals surface area (Å²) >= 11 is 0.547. The molecule has 0 radical (unpaired) electrons. The van der Waals surface area contributed by atoms with Crippen LogP contribution in [0.1, 0.15) is 11.1 Å². The summed E-state index contributed by atoms with van der Waals surface area (Å²) in [6, 6.07) is 17.2. The summed E-state index contributed by atoms with van der Waals surface area (Å²) in [6.07, 6.45) is 2.28. The summed E-state index contributed by atoms with van der Waals surface area (Å²) < 4.78 is 3.93. The maximum atomic E-state index is 2.36. The van der Waals surface area contributed by atoms with E-state index in [0.29, 0.717) is 15.0 Å². The van der Waals surface area contributed by atoms with Crippen LogP contribution in [-0.4, -0.2) is 31.2 Å². The summed E-state index contributed by atoms with van der Waals surface area (Å²) in [4.78, 5) is 0. The van der Waals surface area contributed by atoms with E-state index in [1.807, 2.05) is 0 Å². The normalized spacial score (nSPS) is 14.1. The van der Waals surface area contributed by atoms with Crippen molar-refractivity contribution in [1.82, 2.24) is 0 Å². The van der Waals surface area contributed by atoms with Crippen molar-refractivity contribution < 1.29 is 4.58 Å². The predicted octanol–water partition coefficient (Wildman–Crippen LogP) is 2.06. The number of rotatable bonds is 1. The van der Waals surface area contributed by atoms with Crippen molar-refractivity contribution in [2.45, 2.75) is 6.92 Å². The molecule has 0 amide bonds. The third-order valence-corrected chi connectivity index (χ3v) is 5.60. The average Bonchev–Trinajstić information content (AvgIpc) is 2.40. The Balaban J connectivity index is 2.07. The van der Waals surface area contributed by atoms with Crippen LogP contribution in [0.2, 0.25) is 0 Å². The van der Waals surface area contributed by atoms with Gasteiger partial charge in [0.1, 0.15) is 0 Å². The number of nitrogens with zero attached hydrogens (tertiary/aromatic N) is 1. The van der Waals surface area contributed by atoms with E-state index in [9.17, 15) is 0 Å².